The number of oxime groups is 1. The molecule has 1 aromatic heterocycles. The van der Waals surface area contributed by atoms with Crippen LogP contribution in [0, 0.1) is 35.0 Å². The highest BCUT2D eigenvalue weighted by Gasteiger charge is 2.48. The Morgan fingerprint density at radius 2 is 1.75 bits per heavy atom. The van der Waals surface area contributed by atoms with Gasteiger partial charge in [-0.25, -0.2) is 4.98 Å². The first kappa shape index (κ1) is 55.0. The van der Waals surface area contributed by atoms with Crippen molar-refractivity contribution in [2.75, 3.05) is 60.5 Å². The molecule has 0 aromatic carbocycles. The second-order valence-corrected chi connectivity index (χ2v) is 18.8. The summed E-state index contributed by atoms with van der Waals surface area (Å²) in [6, 6.07) is 4.44. The van der Waals surface area contributed by atoms with Crippen LogP contribution in [0.2, 0.25) is 0 Å². The quantitative estimate of drug-likeness (QED) is 0.173. The molecule has 19 heteroatoms. The molecule has 5 rings (SSSR count). The smallest absolute Gasteiger partial charge is 0.308 e. The number of fused-ring (bicyclic) bond motifs is 3. The molecule has 16 atom stereocenters. The zero-order valence-electron chi connectivity index (χ0n) is 41.1. The lowest BCUT2D eigenvalue weighted by Gasteiger charge is -2.47. The highest BCUT2D eigenvalue weighted by atomic mass is 16.7. The second kappa shape index (κ2) is 26.3. The number of carbonyl (C=O) groups is 2. The van der Waals surface area contributed by atoms with E-state index >= 15 is 0 Å². The number of aliphatic hydroxyl groups is 3. The van der Waals surface area contributed by atoms with Gasteiger partial charge in [0.05, 0.1) is 80.2 Å². The van der Waals surface area contributed by atoms with Crippen LogP contribution in [0.25, 0.3) is 0 Å². The van der Waals surface area contributed by atoms with Gasteiger partial charge in [-0.15, -0.1) is 0 Å². The molecule has 4 heterocycles. The van der Waals surface area contributed by atoms with Gasteiger partial charge in [-0.05, 0) is 84.2 Å². The van der Waals surface area contributed by atoms with E-state index in [1.165, 1.54) is 7.11 Å². The number of ether oxygens (including phenoxy) is 8. The lowest BCUT2D eigenvalue weighted by atomic mass is 9.79. The van der Waals surface area contributed by atoms with Crippen molar-refractivity contribution in [3.05, 3.63) is 47.2 Å². The van der Waals surface area contributed by atoms with Crippen molar-refractivity contribution >= 4 is 23.3 Å². The molecule has 1 unspecified atom stereocenters. The molecule has 1 aliphatic carbocycles. The number of aromatic nitrogens is 1. The first-order valence-corrected chi connectivity index (χ1v) is 23.8. The van der Waals surface area contributed by atoms with Gasteiger partial charge in [-0.1, -0.05) is 43.7 Å². The van der Waals surface area contributed by atoms with E-state index in [0.717, 1.165) is 5.57 Å². The number of hydrogen-bond donors (Lipinski definition) is 4. The second-order valence-electron chi connectivity index (χ2n) is 18.8. The number of aliphatic hydroxyl groups excluding tert-OH is 3. The number of nitrogens with zero attached hydrogens (tertiary/aromatic N) is 4. The highest BCUT2D eigenvalue weighted by Crippen LogP contribution is 2.36. The number of nitrogens with two attached hydrogens (primary N) is 1. The van der Waals surface area contributed by atoms with Crippen molar-refractivity contribution < 1.29 is 67.6 Å². The predicted molar refractivity (Wildman–Crippen MR) is 249 cm³/mol. The van der Waals surface area contributed by atoms with Gasteiger partial charge >= 0.3 is 5.97 Å². The Bertz CT molecular complexity index is 1930. The minimum absolute atomic E-state index is 0.00780. The molecule has 68 heavy (non-hydrogen) atoms. The lowest BCUT2D eigenvalue weighted by molar-refractivity contribution is -0.305. The van der Waals surface area contributed by atoms with Gasteiger partial charge in [0.1, 0.15) is 42.0 Å². The number of ketones is 1. The van der Waals surface area contributed by atoms with E-state index in [1.807, 2.05) is 39.8 Å². The van der Waals surface area contributed by atoms with Crippen LogP contribution in [0.3, 0.4) is 0 Å². The van der Waals surface area contributed by atoms with Crippen molar-refractivity contribution in [3.8, 4) is 6.07 Å². The molecule has 1 aromatic rings. The molecule has 3 fully saturated rings. The van der Waals surface area contributed by atoms with Crippen molar-refractivity contribution in [1.29, 1.82) is 5.26 Å². The number of cyclic esters (lactones) is 1. The van der Waals surface area contributed by atoms with Crippen molar-refractivity contribution in [3.63, 3.8) is 0 Å². The maximum Gasteiger partial charge on any atom is 0.308 e. The van der Waals surface area contributed by atoms with Crippen LogP contribution in [0.15, 0.2) is 41.1 Å². The maximum atomic E-state index is 14.4. The topological polar surface area (TPSA) is 256 Å². The van der Waals surface area contributed by atoms with Crippen LogP contribution in [0.5, 0.6) is 0 Å². The average molecular weight is 958 g/mol. The van der Waals surface area contributed by atoms with E-state index in [9.17, 15) is 30.2 Å². The predicted octanol–water partition coefficient (Wildman–Crippen LogP) is 3.26. The molecule has 3 aliphatic heterocycles. The summed E-state index contributed by atoms with van der Waals surface area (Å²) in [6.45, 7) is 9.47. The van der Waals surface area contributed by atoms with E-state index in [1.54, 1.807) is 57.3 Å². The van der Waals surface area contributed by atoms with E-state index in [0.29, 0.717) is 43.5 Å². The largest absolute Gasteiger partial charge is 0.462 e. The number of esters is 1. The minimum atomic E-state index is -1.27. The van der Waals surface area contributed by atoms with Crippen LogP contribution in [0.4, 0.5) is 5.82 Å². The summed E-state index contributed by atoms with van der Waals surface area (Å²) in [6.07, 6.45) is -1.49. The first-order valence-electron chi connectivity index (χ1n) is 23.8. The van der Waals surface area contributed by atoms with Gasteiger partial charge in [0.25, 0.3) is 0 Å². The third-order valence-electron chi connectivity index (χ3n) is 13.7. The molecule has 1 saturated carbocycles. The Kier molecular flexibility index (Phi) is 21.3. The van der Waals surface area contributed by atoms with Crippen molar-refractivity contribution in [1.82, 2.24) is 9.88 Å². The summed E-state index contributed by atoms with van der Waals surface area (Å²) in [5.74, 6) is -2.50. The Balaban J connectivity index is 1.51. The molecule has 0 amide bonds. The number of pyridine rings is 1. The Morgan fingerprint density at radius 3 is 2.43 bits per heavy atom. The lowest BCUT2D eigenvalue weighted by Crippen LogP contribution is -2.63. The van der Waals surface area contributed by atoms with E-state index < -0.39 is 97.1 Å². The monoisotopic (exact) mass is 958 g/mol. The number of methoxy groups -OCH3 is 2. The Labute approximate surface area is 400 Å². The molecule has 380 valence electrons. The van der Waals surface area contributed by atoms with Gasteiger partial charge < -0.3 is 68.7 Å². The Hall–Kier alpha value is -3.91. The fourth-order valence-electron chi connectivity index (χ4n) is 9.73. The van der Waals surface area contributed by atoms with Crippen LogP contribution in [0.1, 0.15) is 84.4 Å². The molecule has 4 aliphatic rings. The number of rotatable bonds is 12. The summed E-state index contributed by atoms with van der Waals surface area (Å²) in [5, 5.41) is 47.0. The van der Waals surface area contributed by atoms with E-state index in [2.05, 4.69) is 10.1 Å². The molecule has 5 N–H and O–H groups in total. The molecule has 19 nitrogen and oxygen atoms in total. The molecular formula is C49H75N5O14. The van der Waals surface area contributed by atoms with Crippen LogP contribution in [-0.4, -0.2) is 171 Å². The van der Waals surface area contributed by atoms with E-state index in [-0.39, 0.29) is 62.5 Å². The summed E-state index contributed by atoms with van der Waals surface area (Å²) >= 11 is 0. The minimum Gasteiger partial charge on any atom is -0.462 e. The van der Waals surface area contributed by atoms with Gasteiger partial charge in [-0.2, -0.15) is 5.26 Å². The SMILES string of the molecule is CC[C@H]1OC(=O)C[C@H]2OC/C(=N/OCc3ccc(C#N)c(N)n3)COCCC(C[C@@H](C)C(=O)/C=C/C(C)=C/[C@@H]1CO[C@@H]1CC[C@@H](O)[C@@H](OC)[C@H]1OC)[C@H](O[C@@H]1O[C@H](C)[C@@H](O)[C@H](N(C)C)[C@H]1O)[C@H]2C. The van der Waals surface area contributed by atoms with Gasteiger partial charge in [-0.3, -0.25) is 9.59 Å². The first-order chi connectivity index (χ1) is 32.5. The number of carbonyl (C=O) groups excluding carboxylic acids is 2. The van der Waals surface area contributed by atoms with Gasteiger partial charge in [0.2, 0.25) is 0 Å². The Morgan fingerprint density at radius 1 is 1.00 bits per heavy atom. The third kappa shape index (κ3) is 14.6. The molecular weight excluding hydrogens is 883 g/mol. The maximum absolute atomic E-state index is 14.4. The zero-order chi connectivity index (χ0) is 49.7. The zero-order valence-corrected chi connectivity index (χ0v) is 41.1. The number of likely N-dealkylation sites (N-methyl/N-ethyl adjacent to an activating group) is 1. The van der Waals surface area contributed by atoms with Crippen molar-refractivity contribution in [2.45, 2.75) is 153 Å². The van der Waals surface area contributed by atoms with Crippen LogP contribution >= 0.6 is 0 Å². The number of anilines is 1. The number of allylic oxidation sites excluding steroid dienone is 3. The van der Waals surface area contributed by atoms with Crippen LogP contribution < -0.4 is 5.73 Å². The molecule has 0 radical (unpaired) electrons. The van der Waals surface area contributed by atoms with E-state index in [4.69, 9.17) is 48.5 Å². The number of nitriles is 1. The van der Waals surface area contributed by atoms with Gasteiger partial charge in [0, 0.05) is 38.6 Å². The molecule has 0 spiro atoms. The highest BCUT2D eigenvalue weighted by molar-refractivity contribution is 5.91. The molecule has 2 bridgehead atoms. The van der Waals surface area contributed by atoms with Crippen LogP contribution in [-0.2, 0) is 58.9 Å². The van der Waals surface area contributed by atoms with Crippen molar-refractivity contribution in [2.24, 2.45) is 28.8 Å². The number of nitrogen functional groups attached to an aromatic ring is 1. The average Bonchev–Trinajstić information content (AvgIpc) is 3.33. The third-order valence-corrected chi connectivity index (χ3v) is 13.7. The summed E-state index contributed by atoms with van der Waals surface area (Å²) in [7, 11) is 6.61. The fourth-order valence-corrected chi connectivity index (χ4v) is 9.73. The number of hydrogen-bond acceptors (Lipinski definition) is 19. The van der Waals surface area contributed by atoms with Gasteiger partial charge in [0.15, 0.2) is 18.7 Å². The summed E-state index contributed by atoms with van der Waals surface area (Å²) < 4.78 is 50.1. The summed E-state index contributed by atoms with van der Waals surface area (Å²) in [5.41, 5.74) is 7.76. The fraction of sp³-hybridized carbons (Fsp3) is 0.735. The normalized spacial score (nSPS) is 37.9. The summed E-state index contributed by atoms with van der Waals surface area (Å²) in [4.78, 5) is 40.1. The standard InChI is InChI=1S/C49H75N5O14/c1-10-38-33(23-63-39-16-15-37(56)46(60-8)47(39)61-9)19-27(2)11-14-36(55)28(3)20-31-17-18-62-24-35(53-65-26-34-13-12-32(22-50)48(51)52-34)25-64-40(21-41(57)67-38)29(4)45(31)68-49-44(59)42(54(6)7)43(58)30(5)66-49/h11-14,19,28-31,33,37-40,42-47,49,56,58-59H,10,15-18,20-21,23-26H2,1-9H3,(H2,51,52)/b14-11+,27-19+,53-35+/t28-,29+,30-,31?,33-,37-,38-,39-,40-,42+,43-,44-,45-,46-,47+,49+/m1/s1. The molecule has 2 saturated heterocycles.